The van der Waals surface area contributed by atoms with Gasteiger partial charge in [0.05, 0.1) is 10.7 Å². The van der Waals surface area contributed by atoms with Crippen molar-refractivity contribution in [3.8, 4) is 0 Å². The molecular formula is C16H21ClN2O3. The first-order valence-corrected chi connectivity index (χ1v) is 7.96. The van der Waals surface area contributed by atoms with Gasteiger partial charge in [0.1, 0.15) is 0 Å². The third kappa shape index (κ3) is 4.71. The highest BCUT2D eigenvalue weighted by Gasteiger charge is 2.22. The van der Waals surface area contributed by atoms with E-state index in [1.807, 2.05) is 6.92 Å². The van der Waals surface area contributed by atoms with E-state index < -0.39 is 0 Å². The Balaban J connectivity index is 2.02. The topological polar surface area (TPSA) is 67.4 Å². The van der Waals surface area contributed by atoms with Crippen molar-refractivity contribution in [3.05, 3.63) is 23.2 Å². The van der Waals surface area contributed by atoms with E-state index in [2.05, 4.69) is 10.6 Å². The molecule has 0 unspecified atom stereocenters. The monoisotopic (exact) mass is 324 g/mol. The predicted octanol–water partition coefficient (Wildman–Crippen LogP) is 3.44. The number of nitrogens with one attached hydrogen (secondary N) is 2. The predicted molar refractivity (Wildman–Crippen MR) is 87.2 cm³/mol. The van der Waals surface area contributed by atoms with Gasteiger partial charge >= 0.3 is 0 Å². The molecule has 1 aliphatic heterocycles. The van der Waals surface area contributed by atoms with E-state index in [4.69, 9.17) is 16.3 Å². The number of carbonyl (C=O) groups excluding carboxylic acids is 2. The van der Waals surface area contributed by atoms with Gasteiger partial charge in [-0.05, 0) is 37.5 Å². The molecule has 1 saturated heterocycles. The number of anilines is 2. The standard InChI is InChI=1S/C16H21ClN2O3/c1-2-3-15(20)18-12-4-5-13(17)14(10-12)19-16(21)11-6-8-22-9-7-11/h4-5,10-11H,2-3,6-9H2,1H3,(H,18,20)(H,19,21). The molecule has 2 N–H and O–H groups in total. The first-order chi connectivity index (χ1) is 10.6. The SMILES string of the molecule is CCCC(=O)Nc1ccc(Cl)c(NC(=O)C2CCOCC2)c1. The Kier molecular flexibility index (Phi) is 6.21. The van der Waals surface area contributed by atoms with Gasteiger partial charge in [-0.15, -0.1) is 0 Å². The lowest BCUT2D eigenvalue weighted by Gasteiger charge is -2.21. The molecule has 1 heterocycles. The molecule has 1 aliphatic rings. The second-order valence-electron chi connectivity index (χ2n) is 5.37. The molecule has 1 aromatic carbocycles. The molecule has 2 amide bonds. The molecule has 1 aromatic rings. The molecule has 0 atom stereocenters. The molecule has 1 fully saturated rings. The van der Waals surface area contributed by atoms with Crippen molar-refractivity contribution >= 4 is 34.8 Å². The van der Waals surface area contributed by atoms with Gasteiger partial charge in [-0.25, -0.2) is 0 Å². The molecule has 120 valence electrons. The van der Waals surface area contributed by atoms with E-state index in [9.17, 15) is 9.59 Å². The largest absolute Gasteiger partial charge is 0.381 e. The van der Waals surface area contributed by atoms with Crippen LogP contribution < -0.4 is 10.6 Å². The van der Waals surface area contributed by atoms with Crippen LogP contribution in [0.25, 0.3) is 0 Å². The van der Waals surface area contributed by atoms with Crippen molar-refractivity contribution in [1.29, 1.82) is 0 Å². The second-order valence-corrected chi connectivity index (χ2v) is 5.78. The summed E-state index contributed by atoms with van der Waals surface area (Å²) in [4.78, 5) is 23.9. The lowest BCUT2D eigenvalue weighted by Crippen LogP contribution is -2.28. The summed E-state index contributed by atoms with van der Waals surface area (Å²) in [7, 11) is 0. The van der Waals surface area contributed by atoms with Gasteiger partial charge in [0.15, 0.2) is 0 Å². The minimum absolute atomic E-state index is 0.0495. The van der Waals surface area contributed by atoms with Crippen LogP contribution in [0.15, 0.2) is 18.2 Å². The van der Waals surface area contributed by atoms with Crippen molar-refractivity contribution in [2.75, 3.05) is 23.8 Å². The number of ether oxygens (including phenoxy) is 1. The minimum atomic E-state index is -0.0535. The van der Waals surface area contributed by atoms with Crippen LogP contribution in [0.1, 0.15) is 32.6 Å². The van der Waals surface area contributed by atoms with E-state index >= 15 is 0 Å². The third-order valence-corrected chi connectivity index (χ3v) is 3.91. The normalized spacial score (nSPS) is 15.4. The number of halogens is 1. The maximum Gasteiger partial charge on any atom is 0.227 e. The van der Waals surface area contributed by atoms with Gasteiger partial charge in [-0.1, -0.05) is 18.5 Å². The maximum atomic E-state index is 12.2. The van der Waals surface area contributed by atoms with Gasteiger partial charge in [0.2, 0.25) is 11.8 Å². The highest BCUT2D eigenvalue weighted by atomic mass is 35.5. The summed E-state index contributed by atoms with van der Waals surface area (Å²) in [5, 5.41) is 6.09. The maximum absolute atomic E-state index is 12.2. The molecule has 6 heteroatoms. The van der Waals surface area contributed by atoms with Crippen molar-refractivity contribution < 1.29 is 14.3 Å². The van der Waals surface area contributed by atoms with Crippen molar-refractivity contribution in [1.82, 2.24) is 0 Å². The fourth-order valence-corrected chi connectivity index (χ4v) is 2.51. The van der Waals surface area contributed by atoms with Crippen LogP contribution in [0.5, 0.6) is 0 Å². The molecule has 0 spiro atoms. The Morgan fingerprint density at radius 3 is 2.68 bits per heavy atom. The fraction of sp³-hybridized carbons (Fsp3) is 0.500. The van der Waals surface area contributed by atoms with Gasteiger partial charge in [-0.2, -0.15) is 0 Å². The summed E-state index contributed by atoms with van der Waals surface area (Å²) in [5.74, 6) is -0.156. The van der Waals surface area contributed by atoms with Crippen molar-refractivity contribution in [2.24, 2.45) is 5.92 Å². The fourth-order valence-electron chi connectivity index (χ4n) is 2.34. The smallest absolute Gasteiger partial charge is 0.227 e. The quantitative estimate of drug-likeness (QED) is 0.871. The summed E-state index contributed by atoms with van der Waals surface area (Å²) < 4.78 is 5.26. The third-order valence-electron chi connectivity index (χ3n) is 3.58. The number of rotatable bonds is 5. The van der Waals surface area contributed by atoms with Gasteiger partial charge in [0.25, 0.3) is 0 Å². The van der Waals surface area contributed by atoms with E-state index in [0.717, 1.165) is 19.3 Å². The lowest BCUT2D eigenvalue weighted by atomic mass is 9.99. The van der Waals surface area contributed by atoms with Gasteiger partial charge < -0.3 is 15.4 Å². The number of amides is 2. The van der Waals surface area contributed by atoms with Crippen molar-refractivity contribution in [3.63, 3.8) is 0 Å². The zero-order valence-corrected chi connectivity index (χ0v) is 13.4. The molecule has 22 heavy (non-hydrogen) atoms. The van der Waals surface area contributed by atoms with Crippen LogP contribution in [0.2, 0.25) is 5.02 Å². The molecule has 0 aliphatic carbocycles. The van der Waals surface area contributed by atoms with Crippen LogP contribution in [0.4, 0.5) is 11.4 Å². The summed E-state index contributed by atoms with van der Waals surface area (Å²) >= 11 is 6.12. The molecule has 5 nitrogen and oxygen atoms in total. The number of hydrogen-bond acceptors (Lipinski definition) is 3. The van der Waals surface area contributed by atoms with Crippen LogP contribution in [0.3, 0.4) is 0 Å². The number of hydrogen-bond donors (Lipinski definition) is 2. The highest BCUT2D eigenvalue weighted by molar-refractivity contribution is 6.33. The summed E-state index contributed by atoms with van der Waals surface area (Å²) in [5.41, 5.74) is 1.15. The average Bonchev–Trinajstić information content (AvgIpc) is 2.51. The second kappa shape index (κ2) is 8.15. The zero-order chi connectivity index (χ0) is 15.9. The van der Waals surface area contributed by atoms with Crippen LogP contribution in [0, 0.1) is 5.92 Å². The van der Waals surface area contributed by atoms with E-state index in [-0.39, 0.29) is 17.7 Å². The Morgan fingerprint density at radius 1 is 1.27 bits per heavy atom. The molecular weight excluding hydrogens is 304 g/mol. The average molecular weight is 325 g/mol. The van der Waals surface area contributed by atoms with Gasteiger partial charge in [0, 0.05) is 31.2 Å². The summed E-state index contributed by atoms with van der Waals surface area (Å²) in [6, 6.07) is 5.08. The van der Waals surface area contributed by atoms with Crippen molar-refractivity contribution in [2.45, 2.75) is 32.6 Å². The number of benzene rings is 1. The Hall–Kier alpha value is -1.59. The Morgan fingerprint density at radius 2 is 2.00 bits per heavy atom. The minimum Gasteiger partial charge on any atom is -0.381 e. The van der Waals surface area contributed by atoms with E-state index in [1.54, 1.807) is 18.2 Å². The molecule has 2 rings (SSSR count). The lowest BCUT2D eigenvalue weighted by molar-refractivity contribution is -0.122. The molecule has 0 saturated carbocycles. The summed E-state index contributed by atoms with van der Waals surface area (Å²) in [6.45, 7) is 3.17. The molecule has 0 bridgehead atoms. The van der Waals surface area contributed by atoms with E-state index in [1.165, 1.54) is 0 Å². The summed E-state index contributed by atoms with van der Waals surface area (Å²) in [6.07, 6.45) is 2.69. The van der Waals surface area contributed by atoms with Gasteiger partial charge in [-0.3, -0.25) is 9.59 Å². The zero-order valence-electron chi connectivity index (χ0n) is 12.7. The first kappa shape index (κ1) is 16.8. The number of carbonyl (C=O) groups is 2. The molecule has 0 aromatic heterocycles. The van der Waals surface area contributed by atoms with Crippen LogP contribution in [-0.4, -0.2) is 25.0 Å². The highest BCUT2D eigenvalue weighted by Crippen LogP contribution is 2.27. The van der Waals surface area contributed by atoms with E-state index in [0.29, 0.717) is 36.0 Å². The Labute approximate surface area is 135 Å². The first-order valence-electron chi connectivity index (χ1n) is 7.58. The molecule has 0 radical (unpaired) electrons. The Bertz CT molecular complexity index is 542. The van der Waals surface area contributed by atoms with Crippen LogP contribution in [-0.2, 0) is 14.3 Å². The van der Waals surface area contributed by atoms with Crippen LogP contribution >= 0.6 is 11.6 Å².